The molecule has 8 heteroatoms. The molecule has 1 amide bonds. The molecule has 0 radical (unpaired) electrons. The number of nitrogens with one attached hydrogen (secondary N) is 1. The Hall–Kier alpha value is -3.94. The van der Waals surface area contributed by atoms with Crippen LogP contribution in [-0.4, -0.2) is 34.9 Å². The van der Waals surface area contributed by atoms with Crippen LogP contribution in [0, 0.1) is 13.8 Å². The van der Waals surface area contributed by atoms with Crippen molar-refractivity contribution in [2.45, 2.75) is 27.3 Å². The molecule has 0 saturated heterocycles. The van der Waals surface area contributed by atoms with Crippen LogP contribution < -0.4 is 15.6 Å². The highest BCUT2D eigenvalue weighted by Gasteiger charge is 2.21. The van der Waals surface area contributed by atoms with Crippen LogP contribution in [-0.2, 0) is 16.1 Å². The van der Waals surface area contributed by atoms with E-state index >= 15 is 0 Å². The fourth-order valence-electron chi connectivity index (χ4n) is 2.97. The Kier molecular flexibility index (Phi) is 7.38. The summed E-state index contributed by atoms with van der Waals surface area (Å²) in [5.41, 5.74) is 2.73. The van der Waals surface area contributed by atoms with Gasteiger partial charge in [-0.25, -0.2) is 4.79 Å². The van der Waals surface area contributed by atoms with Crippen LogP contribution in [0.2, 0.25) is 0 Å². The molecule has 0 fully saturated rings. The first-order valence-electron chi connectivity index (χ1n) is 10.2. The largest absolute Gasteiger partial charge is 0.481 e. The molecular weight excluding hydrogens is 410 g/mol. The lowest BCUT2D eigenvalue weighted by Gasteiger charge is -2.13. The van der Waals surface area contributed by atoms with E-state index in [1.807, 2.05) is 50.2 Å². The summed E-state index contributed by atoms with van der Waals surface area (Å²) >= 11 is 0. The average Bonchev–Trinajstić information content (AvgIpc) is 2.78. The van der Waals surface area contributed by atoms with E-state index in [1.54, 1.807) is 19.1 Å². The zero-order valence-electron chi connectivity index (χ0n) is 18.3. The molecule has 2 aromatic carbocycles. The van der Waals surface area contributed by atoms with E-state index in [1.165, 1.54) is 0 Å². The van der Waals surface area contributed by atoms with E-state index in [4.69, 9.17) is 9.47 Å². The lowest BCUT2D eigenvalue weighted by Crippen LogP contribution is -2.30. The first kappa shape index (κ1) is 22.7. The molecule has 1 heterocycles. The molecule has 0 aliphatic heterocycles. The van der Waals surface area contributed by atoms with Crippen molar-refractivity contribution in [1.82, 2.24) is 15.1 Å². The minimum absolute atomic E-state index is 0.108. The van der Waals surface area contributed by atoms with Gasteiger partial charge in [0.15, 0.2) is 12.4 Å². The third-order valence-electron chi connectivity index (χ3n) is 4.68. The van der Waals surface area contributed by atoms with E-state index in [0.717, 1.165) is 27.4 Å². The van der Waals surface area contributed by atoms with Crippen molar-refractivity contribution >= 4 is 11.9 Å². The van der Waals surface area contributed by atoms with Crippen molar-refractivity contribution in [1.29, 1.82) is 0 Å². The maximum absolute atomic E-state index is 12.7. The Morgan fingerprint density at radius 2 is 1.78 bits per heavy atom. The topological polar surface area (TPSA) is 99.5 Å². The maximum atomic E-state index is 12.7. The van der Waals surface area contributed by atoms with Gasteiger partial charge in [-0.15, -0.1) is 0 Å². The van der Waals surface area contributed by atoms with Gasteiger partial charge in [-0.2, -0.15) is 9.78 Å². The van der Waals surface area contributed by atoms with E-state index in [0.29, 0.717) is 12.2 Å². The molecule has 0 unspecified atom stereocenters. The van der Waals surface area contributed by atoms with Crippen LogP contribution in [0.3, 0.4) is 0 Å². The fourth-order valence-corrected chi connectivity index (χ4v) is 2.97. The van der Waals surface area contributed by atoms with Gasteiger partial charge in [-0.1, -0.05) is 48.0 Å². The zero-order chi connectivity index (χ0) is 23.1. The molecular formula is C24H25N3O5. The molecule has 32 heavy (non-hydrogen) atoms. The van der Waals surface area contributed by atoms with Gasteiger partial charge in [0.25, 0.3) is 11.5 Å². The number of ether oxygens (including phenoxy) is 2. The second kappa shape index (κ2) is 10.4. The Morgan fingerprint density at radius 3 is 2.47 bits per heavy atom. The summed E-state index contributed by atoms with van der Waals surface area (Å²) in [5, 5.41) is 6.91. The van der Waals surface area contributed by atoms with Crippen LogP contribution in [0.1, 0.15) is 34.1 Å². The molecule has 3 aromatic rings. The fraction of sp³-hybridized carbons (Fsp3) is 0.250. The molecule has 1 N–H and O–H groups in total. The van der Waals surface area contributed by atoms with Gasteiger partial charge in [0.05, 0.1) is 18.4 Å². The third-order valence-corrected chi connectivity index (χ3v) is 4.68. The standard InChI is InChI=1S/C24H25N3O5/c1-4-31-24(30)23-20(13-22(29)27(26-23)19-8-6-5-7-17(19)3)32-15-21(28)25-14-18-11-9-16(2)10-12-18/h5-13H,4,14-15H2,1-3H3,(H,25,28). The summed E-state index contributed by atoms with van der Waals surface area (Å²) in [4.78, 5) is 37.3. The minimum atomic E-state index is -0.745. The highest BCUT2D eigenvalue weighted by atomic mass is 16.5. The Morgan fingerprint density at radius 1 is 1.06 bits per heavy atom. The van der Waals surface area contributed by atoms with E-state index in [-0.39, 0.29) is 24.7 Å². The Balaban J connectivity index is 1.78. The number of aromatic nitrogens is 2. The number of hydrogen-bond donors (Lipinski definition) is 1. The molecule has 0 atom stereocenters. The number of amides is 1. The maximum Gasteiger partial charge on any atom is 0.362 e. The molecule has 0 aliphatic rings. The van der Waals surface area contributed by atoms with Crippen LogP contribution in [0.5, 0.6) is 5.75 Å². The number of nitrogens with zero attached hydrogens (tertiary/aromatic N) is 2. The Bertz CT molecular complexity index is 1170. The lowest BCUT2D eigenvalue weighted by molar-refractivity contribution is -0.123. The average molecular weight is 435 g/mol. The van der Waals surface area contributed by atoms with Crippen molar-refractivity contribution in [2.24, 2.45) is 0 Å². The quantitative estimate of drug-likeness (QED) is 0.546. The summed E-state index contributed by atoms with van der Waals surface area (Å²) in [6, 6.07) is 16.0. The van der Waals surface area contributed by atoms with Crippen molar-refractivity contribution in [3.63, 3.8) is 0 Å². The van der Waals surface area contributed by atoms with E-state index < -0.39 is 17.4 Å². The summed E-state index contributed by atoms with van der Waals surface area (Å²) in [7, 11) is 0. The monoisotopic (exact) mass is 435 g/mol. The number of aryl methyl sites for hydroxylation is 2. The number of carbonyl (C=O) groups excluding carboxylic acids is 2. The van der Waals surface area contributed by atoms with Gasteiger partial charge in [0.1, 0.15) is 0 Å². The summed E-state index contributed by atoms with van der Waals surface area (Å²) in [5.74, 6) is -1.25. The molecule has 0 aliphatic carbocycles. The number of rotatable bonds is 8. The predicted molar refractivity (Wildman–Crippen MR) is 119 cm³/mol. The molecule has 0 spiro atoms. The van der Waals surface area contributed by atoms with Crippen molar-refractivity contribution < 1.29 is 19.1 Å². The third kappa shape index (κ3) is 5.60. The highest BCUT2D eigenvalue weighted by molar-refractivity contribution is 5.90. The second-order valence-electron chi connectivity index (χ2n) is 7.17. The van der Waals surface area contributed by atoms with Crippen LogP contribution in [0.4, 0.5) is 0 Å². The van der Waals surface area contributed by atoms with Crippen LogP contribution in [0.25, 0.3) is 5.69 Å². The summed E-state index contributed by atoms with van der Waals surface area (Å²) in [6.07, 6.45) is 0. The minimum Gasteiger partial charge on any atom is -0.481 e. The molecule has 166 valence electrons. The van der Waals surface area contributed by atoms with Gasteiger partial charge >= 0.3 is 5.97 Å². The molecule has 3 rings (SSSR count). The molecule has 0 bridgehead atoms. The smallest absolute Gasteiger partial charge is 0.362 e. The first-order chi connectivity index (χ1) is 15.4. The van der Waals surface area contributed by atoms with E-state index in [2.05, 4.69) is 10.4 Å². The number of esters is 1. The highest BCUT2D eigenvalue weighted by Crippen LogP contribution is 2.17. The van der Waals surface area contributed by atoms with Gasteiger partial charge in [0, 0.05) is 6.54 Å². The second-order valence-corrected chi connectivity index (χ2v) is 7.17. The lowest BCUT2D eigenvalue weighted by atomic mass is 10.1. The number of carbonyl (C=O) groups is 2. The number of hydrogen-bond acceptors (Lipinski definition) is 6. The van der Waals surface area contributed by atoms with Crippen molar-refractivity contribution in [2.75, 3.05) is 13.2 Å². The molecule has 8 nitrogen and oxygen atoms in total. The van der Waals surface area contributed by atoms with Gasteiger partial charge in [-0.3, -0.25) is 9.59 Å². The first-order valence-corrected chi connectivity index (χ1v) is 10.2. The zero-order valence-corrected chi connectivity index (χ0v) is 18.3. The van der Waals surface area contributed by atoms with Crippen LogP contribution >= 0.6 is 0 Å². The van der Waals surface area contributed by atoms with Gasteiger partial charge in [-0.05, 0) is 38.0 Å². The molecule has 1 aromatic heterocycles. The predicted octanol–water partition coefficient (Wildman–Crippen LogP) is 2.72. The van der Waals surface area contributed by atoms with Gasteiger partial charge < -0.3 is 14.8 Å². The van der Waals surface area contributed by atoms with Crippen LogP contribution in [0.15, 0.2) is 59.4 Å². The Labute approximate surface area is 185 Å². The van der Waals surface area contributed by atoms with Gasteiger partial charge in [0.2, 0.25) is 5.69 Å². The normalized spacial score (nSPS) is 10.5. The summed E-state index contributed by atoms with van der Waals surface area (Å²) in [6.45, 7) is 5.55. The van der Waals surface area contributed by atoms with Crippen molar-refractivity contribution in [3.8, 4) is 11.4 Å². The SMILES string of the molecule is CCOC(=O)c1nn(-c2ccccc2C)c(=O)cc1OCC(=O)NCc1ccc(C)cc1. The van der Waals surface area contributed by atoms with E-state index in [9.17, 15) is 14.4 Å². The summed E-state index contributed by atoms with van der Waals surface area (Å²) < 4.78 is 11.7. The molecule has 0 saturated carbocycles. The number of benzene rings is 2. The number of para-hydroxylation sites is 1. The van der Waals surface area contributed by atoms with Crippen molar-refractivity contribution in [3.05, 3.63) is 87.3 Å².